The van der Waals surface area contributed by atoms with Gasteiger partial charge in [0, 0.05) is 5.56 Å². The third-order valence-corrected chi connectivity index (χ3v) is 6.53. The number of rotatable bonds is 8. The largest absolute Gasteiger partial charge is 0.489 e. The molecule has 1 fully saturated rings. The number of nitrogens with one attached hydrogen (secondary N) is 2. The summed E-state index contributed by atoms with van der Waals surface area (Å²) >= 11 is 6.52. The Hall–Kier alpha value is -2.63. The fourth-order valence-corrected chi connectivity index (χ4v) is 4.69. The molecule has 0 bridgehead atoms. The van der Waals surface area contributed by atoms with E-state index in [1.807, 2.05) is 13.8 Å². The number of ether oxygens (including phenoxy) is 1. The van der Waals surface area contributed by atoms with Crippen LogP contribution >= 0.6 is 11.6 Å². The monoisotopic (exact) mass is 478 g/mol. The van der Waals surface area contributed by atoms with Crippen LogP contribution in [0.5, 0.6) is 5.75 Å². The Kier molecular flexibility index (Phi) is 8.07. The van der Waals surface area contributed by atoms with Crippen LogP contribution in [0.3, 0.4) is 0 Å². The Balaban J connectivity index is 1.65. The number of nitrogens with zero attached hydrogens (tertiary/aromatic N) is 2. The van der Waals surface area contributed by atoms with Crippen LogP contribution in [0.4, 0.5) is 11.5 Å². The Bertz CT molecular complexity index is 1110. The molecule has 2 heterocycles. The van der Waals surface area contributed by atoms with Crippen molar-refractivity contribution in [1.82, 2.24) is 15.3 Å². The van der Waals surface area contributed by atoms with Crippen LogP contribution in [0.15, 0.2) is 42.6 Å². The molecule has 2 N–H and O–H groups in total. The molecule has 1 saturated heterocycles. The first kappa shape index (κ1) is 24.5. The van der Waals surface area contributed by atoms with Crippen molar-refractivity contribution < 1.29 is 4.74 Å². The summed E-state index contributed by atoms with van der Waals surface area (Å²) in [6.45, 7) is 10.6. The van der Waals surface area contributed by atoms with Crippen molar-refractivity contribution in [1.29, 1.82) is 0 Å². The molecule has 2 aromatic carbocycles. The van der Waals surface area contributed by atoms with Crippen molar-refractivity contribution in [2.45, 2.75) is 65.4 Å². The lowest BCUT2D eigenvalue weighted by Crippen LogP contribution is -2.27. The zero-order valence-electron chi connectivity index (χ0n) is 20.6. The molecule has 0 saturated carbocycles. The maximum Gasteiger partial charge on any atom is 0.161 e. The van der Waals surface area contributed by atoms with Gasteiger partial charge in [-0.05, 0) is 87.9 Å². The topological polar surface area (TPSA) is 59.1 Å². The van der Waals surface area contributed by atoms with Crippen LogP contribution in [0.2, 0.25) is 5.02 Å². The summed E-state index contributed by atoms with van der Waals surface area (Å²) in [5.41, 5.74) is 5.77. The summed E-state index contributed by atoms with van der Waals surface area (Å²) < 4.78 is 6.23. The number of halogens is 1. The molecule has 1 aromatic heterocycles. The molecule has 5 nitrogen and oxygen atoms in total. The van der Waals surface area contributed by atoms with Gasteiger partial charge in [-0.15, -0.1) is 0 Å². The fourth-order valence-electron chi connectivity index (χ4n) is 4.56. The van der Waals surface area contributed by atoms with Gasteiger partial charge in [-0.3, -0.25) is 0 Å². The van der Waals surface area contributed by atoms with Crippen LogP contribution in [0.25, 0.3) is 11.4 Å². The van der Waals surface area contributed by atoms with Gasteiger partial charge in [-0.25, -0.2) is 9.97 Å². The average Bonchev–Trinajstić information content (AvgIpc) is 2.83. The molecule has 0 aliphatic carbocycles. The van der Waals surface area contributed by atoms with E-state index < -0.39 is 0 Å². The molecule has 1 aliphatic rings. The van der Waals surface area contributed by atoms with Gasteiger partial charge in [0.1, 0.15) is 10.8 Å². The molecule has 0 radical (unpaired) electrons. The number of benzene rings is 2. The number of hydrogen-bond acceptors (Lipinski definition) is 5. The number of hydrogen-bond donors (Lipinski definition) is 2. The van der Waals surface area contributed by atoms with E-state index in [2.05, 4.69) is 65.9 Å². The number of anilines is 2. The quantitative estimate of drug-likeness (QED) is 0.363. The maximum atomic E-state index is 6.52. The fraction of sp³-hybridized carbons (Fsp3) is 0.429. The summed E-state index contributed by atoms with van der Waals surface area (Å²) in [6, 6.07) is 12.8. The van der Waals surface area contributed by atoms with Crippen molar-refractivity contribution in [3.8, 4) is 17.1 Å². The van der Waals surface area contributed by atoms with Gasteiger partial charge in [0.2, 0.25) is 0 Å². The lowest BCUT2D eigenvalue weighted by atomic mass is 9.87. The first-order valence-corrected chi connectivity index (χ1v) is 12.7. The van der Waals surface area contributed by atoms with Gasteiger partial charge < -0.3 is 15.4 Å². The van der Waals surface area contributed by atoms with Crippen LogP contribution in [-0.2, 0) is 6.42 Å². The van der Waals surface area contributed by atoms with Crippen molar-refractivity contribution in [3.05, 3.63) is 64.3 Å². The smallest absolute Gasteiger partial charge is 0.161 e. The van der Waals surface area contributed by atoms with Crippen molar-refractivity contribution >= 4 is 23.1 Å². The lowest BCUT2D eigenvalue weighted by Gasteiger charge is -2.26. The molecule has 0 atom stereocenters. The minimum absolute atomic E-state index is 0.0576. The molecule has 34 heavy (non-hydrogen) atoms. The Morgan fingerprint density at radius 3 is 2.56 bits per heavy atom. The SMILES string of the molecule is CCCc1ccc(-c2ncc(Cl)c(Nc3cc(C)c(C4CCNCC4)cc3OC(C)C)n2)cc1. The molecule has 6 heteroatoms. The van der Waals surface area contributed by atoms with E-state index in [4.69, 9.17) is 21.3 Å². The standard InChI is InChI=1S/C28H35ClN4O/c1-5-6-20-7-9-22(10-8-20)27-31-17-24(29)28(33-27)32-25-15-19(4)23(16-26(25)34-18(2)3)21-11-13-30-14-12-21/h7-10,15-18,21,30H,5-6,11-14H2,1-4H3,(H,31,32,33). The maximum absolute atomic E-state index is 6.52. The van der Waals surface area contributed by atoms with Crippen molar-refractivity contribution in [3.63, 3.8) is 0 Å². The number of aromatic nitrogens is 2. The van der Waals surface area contributed by atoms with E-state index in [9.17, 15) is 0 Å². The summed E-state index contributed by atoms with van der Waals surface area (Å²) in [5.74, 6) is 2.60. The van der Waals surface area contributed by atoms with Gasteiger partial charge in [0.25, 0.3) is 0 Å². The Labute approximate surface area is 208 Å². The van der Waals surface area contributed by atoms with E-state index in [1.54, 1.807) is 6.20 Å². The lowest BCUT2D eigenvalue weighted by molar-refractivity contribution is 0.243. The molecule has 1 aliphatic heterocycles. The molecule has 0 unspecified atom stereocenters. The Morgan fingerprint density at radius 2 is 1.88 bits per heavy atom. The molecule has 4 rings (SSSR count). The van der Waals surface area contributed by atoms with Crippen LogP contribution in [0, 0.1) is 6.92 Å². The van der Waals surface area contributed by atoms with Gasteiger partial charge in [0.15, 0.2) is 11.6 Å². The van der Waals surface area contributed by atoms with Crippen molar-refractivity contribution in [2.24, 2.45) is 0 Å². The second kappa shape index (κ2) is 11.2. The average molecular weight is 479 g/mol. The highest BCUT2D eigenvalue weighted by molar-refractivity contribution is 6.33. The van der Waals surface area contributed by atoms with Gasteiger partial charge in [0.05, 0.1) is 18.0 Å². The number of piperidine rings is 1. The first-order chi connectivity index (χ1) is 16.4. The highest BCUT2D eigenvalue weighted by Gasteiger charge is 2.21. The third kappa shape index (κ3) is 5.89. The zero-order chi connectivity index (χ0) is 24.1. The van der Waals surface area contributed by atoms with E-state index in [-0.39, 0.29) is 6.10 Å². The first-order valence-electron chi connectivity index (χ1n) is 12.4. The van der Waals surface area contributed by atoms with E-state index in [1.165, 1.54) is 16.7 Å². The third-order valence-electron chi connectivity index (χ3n) is 6.26. The molecular formula is C28H35ClN4O. The van der Waals surface area contributed by atoms with E-state index in [0.29, 0.717) is 22.6 Å². The number of aryl methyl sites for hydroxylation is 2. The predicted molar refractivity (Wildman–Crippen MR) is 142 cm³/mol. The molecular weight excluding hydrogens is 444 g/mol. The van der Waals surface area contributed by atoms with Gasteiger partial charge in [-0.2, -0.15) is 0 Å². The van der Waals surface area contributed by atoms with Gasteiger partial charge >= 0.3 is 0 Å². The van der Waals surface area contributed by atoms with Crippen LogP contribution in [-0.4, -0.2) is 29.2 Å². The van der Waals surface area contributed by atoms with E-state index >= 15 is 0 Å². The summed E-state index contributed by atoms with van der Waals surface area (Å²) in [5, 5.41) is 7.37. The van der Waals surface area contributed by atoms with Crippen LogP contribution in [0.1, 0.15) is 62.6 Å². The molecule has 3 aromatic rings. The normalized spacial score (nSPS) is 14.4. The minimum atomic E-state index is 0.0576. The highest BCUT2D eigenvalue weighted by atomic mass is 35.5. The van der Waals surface area contributed by atoms with E-state index in [0.717, 1.165) is 55.8 Å². The highest BCUT2D eigenvalue weighted by Crippen LogP contribution is 2.38. The van der Waals surface area contributed by atoms with Crippen LogP contribution < -0.4 is 15.4 Å². The van der Waals surface area contributed by atoms with Gasteiger partial charge in [-0.1, -0.05) is 49.2 Å². The summed E-state index contributed by atoms with van der Waals surface area (Å²) in [7, 11) is 0. The zero-order valence-corrected chi connectivity index (χ0v) is 21.4. The molecule has 0 spiro atoms. The molecule has 180 valence electrons. The predicted octanol–water partition coefficient (Wildman–Crippen LogP) is 7.06. The Morgan fingerprint density at radius 1 is 1.15 bits per heavy atom. The minimum Gasteiger partial charge on any atom is -0.489 e. The van der Waals surface area contributed by atoms with Crippen molar-refractivity contribution in [2.75, 3.05) is 18.4 Å². The summed E-state index contributed by atoms with van der Waals surface area (Å²) in [4.78, 5) is 9.23. The summed E-state index contributed by atoms with van der Waals surface area (Å²) in [6.07, 6.45) is 6.20. The molecule has 0 amide bonds. The second-order valence-corrected chi connectivity index (χ2v) is 9.77. The second-order valence-electron chi connectivity index (χ2n) is 9.36.